The highest BCUT2D eigenvalue weighted by atomic mass is 79.9. The number of carbonyl (C=O) groups excluding carboxylic acids is 1. The van der Waals surface area contributed by atoms with Gasteiger partial charge in [-0.25, -0.2) is 0 Å². The van der Waals surface area contributed by atoms with E-state index < -0.39 is 5.97 Å². The van der Waals surface area contributed by atoms with Gasteiger partial charge in [0.1, 0.15) is 0 Å². The second kappa shape index (κ2) is 9.17. The molecule has 1 aromatic rings. The molecule has 0 fully saturated rings. The molecule has 0 aliphatic rings. The molecule has 0 atom stereocenters. The van der Waals surface area contributed by atoms with Crippen molar-refractivity contribution in [1.82, 2.24) is 9.80 Å². The van der Waals surface area contributed by atoms with Crippen LogP contribution in [-0.4, -0.2) is 53.0 Å². The second-order valence-corrected chi connectivity index (χ2v) is 7.17. The molecule has 7 heteroatoms. The Morgan fingerprint density at radius 3 is 2.48 bits per heavy atom. The predicted octanol–water partition coefficient (Wildman–Crippen LogP) is 2.66. The van der Waals surface area contributed by atoms with Crippen molar-refractivity contribution in [2.24, 2.45) is 0 Å². The van der Waals surface area contributed by atoms with Crippen LogP contribution >= 0.6 is 27.3 Å². The highest BCUT2D eigenvalue weighted by Crippen LogP contribution is 2.23. The number of hydrogen-bond donors (Lipinski definition) is 1. The Balaban J connectivity index is 2.54. The predicted molar refractivity (Wildman–Crippen MR) is 87.5 cm³/mol. The summed E-state index contributed by atoms with van der Waals surface area (Å²) in [5.74, 6) is -0.800. The summed E-state index contributed by atoms with van der Waals surface area (Å²) >= 11 is 5.04. The zero-order chi connectivity index (χ0) is 15.8. The first kappa shape index (κ1) is 18.1. The third-order valence-electron chi connectivity index (χ3n) is 3.16. The summed E-state index contributed by atoms with van der Waals surface area (Å²) in [5, 5.41) is 8.72. The minimum Gasteiger partial charge on any atom is -0.481 e. The fourth-order valence-electron chi connectivity index (χ4n) is 1.90. The van der Waals surface area contributed by atoms with Crippen LogP contribution in [-0.2, 0) is 16.1 Å². The third kappa shape index (κ3) is 6.58. The van der Waals surface area contributed by atoms with Crippen LogP contribution in [0.25, 0.3) is 0 Å². The van der Waals surface area contributed by atoms with Crippen molar-refractivity contribution in [3.63, 3.8) is 0 Å². The molecule has 0 aliphatic heterocycles. The van der Waals surface area contributed by atoms with Crippen LogP contribution in [0.2, 0.25) is 0 Å². The van der Waals surface area contributed by atoms with Crippen molar-refractivity contribution < 1.29 is 14.7 Å². The first-order valence-corrected chi connectivity index (χ1v) is 8.53. The lowest BCUT2D eigenvalue weighted by Crippen LogP contribution is -2.40. The molecule has 0 aromatic carbocycles. The van der Waals surface area contributed by atoms with Gasteiger partial charge < -0.3 is 10.0 Å². The van der Waals surface area contributed by atoms with Gasteiger partial charge in [0.15, 0.2) is 0 Å². The number of rotatable bonds is 9. The Labute approximate surface area is 137 Å². The monoisotopic (exact) mass is 376 g/mol. The molecule has 0 spiro atoms. The first-order chi connectivity index (χ1) is 9.96. The van der Waals surface area contributed by atoms with Gasteiger partial charge in [-0.3, -0.25) is 14.5 Å². The van der Waals surface area contributed by atoms with Gasteiger partial charge >= 0.3 is 5.97 Å². The lowest BCUT2D eigenvalue weighted by atomic mass is 10.3. The van der Waals surface area contributed by atoms with Crippen molar-refractivity contribution in [1.29, 1.82) is 0 Å². The van der Waals surface area contributed by atoms with Crippen molar-refractivity contribution >= 4 is 39.1 Å². The van der Waals surface area contributed by atoms with Gasteiger partial charge in [0.05, 0.1) is 23.3 Å². The van der Waals surface area contributed by atoms with Crippen LogP contribution in [0.4, 0.5) is 0 Å². The van der Waals surface area contributed by atoms with Gasteiger partial charge in [-0.2, -0.15) is 0 Å². The number of carboxylic acid groups (broad SMARTS) is 1. The molecule has 21 heavy (non-hydrogen) atoms. The quantitative estimate of drug-likeness (QED) is 0.719. The summed E-state index contributed by atoms with van der Waals surface area (Å²) in [6, 6.07) is 3.98. The lowest BCUT2D eigenvalue weighted by Gasteiger charge is -2.25. The van der Waals surface area contributed by atoms with Crippen LogP contribution in [0.3, 0.4) is 0 Å². The molecule has 1 aromatic heterocycles. The number of carboxylic acids is 1. The van der Waals surface area contributed by atoms with Gasteiger partial charge in [-0.15, -0.1) is 11.3 Å². The van der Waals surface area contributed by atoms with E-state index in [0.29, 0.717) is 26.2 Å². The summed E-state index contributed by atoms with van der Waals surface area (Å²) in [6.45, 7) is 6.47. The molecule has 0 saturated carbocycles. The normalized spacial score (nSPS) is 10.9. The van der Waals surface area contributed by atoms with Gasteiger partial charge in [-0.05, 0) is 41.5 Å². The van der Waals surface area contributed by atoms with Crippen molar-refractivity contribution in [2.45, 2.75) is 26.8 Å². The summed E-state index contributed by atoms with van der Waals surface area (Å²) in [7, 11) is 0. The number of halogens is 1. The third-order valence-corrected chi connectivity index (χ3v) is 4.77. The lowest BCUT2D eigenvalue weighted by molar-refractivity contribution is -0.138. The highest BCUT2D eigenvalue weighted by molar-refractivity contribution is 9.11. The zero-order valence-corrected chi connectivity index (χ0v) is 14.7. The Bertz CT molecular complexity index is 479. The van der Waals surface area contributed by atoms with Crippen LogP contribution in [0, 0.1) is 0 Å². The van der Waals surface area contributed by atoms with E-state index in [1.54, 1.807) is 16.2 Å². The molecule has 5 nitrogen and oxygen atoms in total. The minimum absolute atomic E-state index is 0.0364. The Morgan fingerprint density at radius 1 is 1.29 bits per heavy atom. The number of hydrogen-bond acceptors (Lipinski definition) is 4. The summed E-state index contributed by atoms with van der Waals surface area (Å²) in [5.41, 5.74) is 0. The van der Waals surface area contributed by atoms with Crippen molar-refractivity contribution in [3.05, 3.63) is 20.8 Å². The maximum absolute atomic E-state index is 12.3. The van der Waals surface area contributed by atoms with Crippen LogP contribution in [0.1, 0.15) is 25.1 Å². The van der Waals surface area contributed by atoms with E-state index in [-0.39, 0.29) is 18.9 Å². The topological polar surface area (TPSA) is 60.9 Å². The number of likely N-dealkylation sites (N-methyl/N-ethyl adjacent to an activating group) is 2. The standard InChI is InChI=1S/C14H21BrN2O3S/c1-3-16(8-7-14(19)20)10-13(18)17(4-2)9-11-5-6-12(15)21-11/h5-6H,3-4,7-10H2,1-2H3,(H,19,20). The molecule has 1 rings (SSSR count). The summed E-state index contributed by atoms with van der Waals surface area (Å²) in [4.78, 5) is 27.7. The first-order valence-electron chi connectivity index (χ1n) is 6.92. The van der Waals surface area contributed by atoms with E-state index in [1.165, 1.54) is 0 Å². The molecular formula is C14H21BrN2O3S. The van der Waals surface area contributed by atoms with Crippen LogP contribution in [0.15, 0.2) is 15.9 Å². The fraction of sp³-hybridized carbons (Fsp3) is 0.571. The smallest absolute Gasteiger partial charge is 0.304 e. The molecule has 1 heterocycles. The van der Waals surface area contributed by atoms with E-state index in [2.05, 4.69) is 15.9 Å². The molecule has 1 N–H and O–H groups in total. The SMILES string of the molecule is CCN(CCC(=O)O)CC(=O)N(CC)Cc1ccc(Br)s1. The molecule has 1 amide bonds. The Morgan fingerprint density at radius 2 is 2.00 bits per heavy atom. The van der Waals surface area contributed by atoms with Gasteiger partial charge in [-0.1, -0.05) is 6.92 Å². The van der Waals surface area contributed by atoms with E-state index >= 15 is 0 Å². The van der Waals surface area contributed by atoms with E-state index in [0.717, 1.165) is 8.66 Å². The molecule has 0 aliphatic carbocycles. The molecule has 0 radical (unpaired) electrons. The number of carbonyl (C=O) groups is 2. The average molecular weight is 377 g/mol. The molecule has 118 valence electrons. The fourth-order valence-corrected chi connectivity index (χ4v) is 3.39. The number of amides is 1. The van der Waals surface area contributed by atoms with Gasteiger partial charge in [0.25, 0.3) is 0 Å². The number of nitrogens with zero attached hydrogens (tertiary/aromatic N) is 2. The van der Waals surface area contributed by atoms with Crippen LogP contribution < -0.4 is 0 Å². The highest BCUT2D eigenvalue weighted by Gasteiger charge is 2.17. The average Bonchev–Trinajstić information content (AvgIpc) is 2.85. The Kier molecular flexibility index (Phi) is 7.92. The van der Waals surface area contributed by atoms with Gasteiger partial charge in [0, 0.05) is 18.0 Å². The number of thiophene rings is 1. The van der Waals surface area contributed by atoms with E-state index in [9.17, 15) is 9.59 Å². The Hall–Kier alpha value is -0.920. The summed E-state index contributed by atoms with van der Waals surface area (Å²) in [6.07, 6.45) is 0.0606. The van der Waals surface area contributed by atoms with Crippen LogP contribution in [0.5, 0.6) is 0 Å². The van der Waals surface area contributed by atoms with Gasteiger partial charge in [0.2, 0.25) is 5.91 Å². The second-order valence-electron chi connectivity index (χ2n) is 4.63. The van der Waals surface area contributed by atoms with E-state index in [4.69, 9.17) is 5.11 Å². The van der Waals surface area contributed by atoms with E-state index in [1.807, 2.05) is 30.9 Å². The number of aliphatic carboxylic acids is 1. The maximum atomic E-state index is 12.3. The van der Waals surface area contributed by atoms with Crippen molar-refractivity contribution in [3.8, 4) is 0 Å². The molecule has 0 bridgehead atoms. The largest absolute Gasteiger partial charge is 0.481 e. The minimum atomic E-state index is -0.836. The van der Waals surface area contributed by atoms with Crippen molar-refractivity contribution in [2.75, 3.05) is 26.2 Å². The molecule has 0 unspecified atom stereocenters. The molecule has 0 saturated heterocycles. The molecular weight excluding hydrogens is 356 g/mol. The summed E-state index contributed by atoms with van der Waals surface area (Å²) < 4.78 is 1.05. The maximum Gasteiger partial charge on any atom is 0.304 e. The zero-order valence-electron chi connectivity index (χ0n) is 12.3.